The molecule has 1 aliphatic rings. The zero-order valence-corrected chi connectivity index (χ0v) is 16.3. The summed E-state index contributed by atoms with van der Waals surface area (Å²) < 4.78 is 38.6. The lowest BCUT2D eigenvalue weighted by Crippen LogP contribution is -2.43. The summed E-state index contributed by atoms with van der Waals surface area (Å²) in [6, 6.07) is 10.2. The number of hydrogen-bond acceptors (Lipinski definition) is 2. The predicted molar refractivity (Wildman–Crippen MR) is 105 cm³/mol. The summed E-state index contributed by atoms with van der Waals surface area (Å²) in [5.74, 6) is -0.969. The first kappa shape index (κ1) is 20.9. The number of benzene rings is 2. The van der Waals surface area contributed by atoms with E-state index < -0.39 is 17.7 Å². The topological polar surface area (TPSA) is 49.4 Å². The van der Waals surface area contributed by atoms with Gasteiger partial charge in [-0.05, 0) is 57.0 Å². The van der Waals surface area contributed by atoms with E-state index in [0.717, 1.165) is 23.3 Å². The van der Waals surface area contributed by atoms with Crippen molar-refractivity contribution in [2.24, 2.45) is 5.92 Å². The highest BCUT2D eigenvalue weighted by Gasteiger charge is 2.32. The van der Waals surface area contributed by atoms with Crippen molar-refractivity contribution in [2.45, 2.75) is 32.9 Å². The Morgan fingerprint density at radius 3 is 2.41 bits per heavy atom. The molecule has 0 spiro atoms. The van der Waals surface area contributed by atoms with Crippen molar-refractivity contribution < 1.29 is 22.8 Å². The fourth-order valence-electron chi connectivity index (χ4n) is 3.67. The minimum atomic E-state index is -4.47. The van der Waals surface area contributed by atoms with E-state index >= 15 is 0 Å². The van der Waals surface area contributed by atoms with Gasteiger partial charge in [-0.1, -0.05) is 23.3 Å². The highest BCUT2D eigenvalue weighted by atomic mass is 19.4. The molecule has 154 valence electrons. The highest BCUT2D eigenvalue weighted by Crippen LogP contribution is 2.31. The average Bonchev–Trinajstić information content (AvgIpc) is 2.66. The third-order valence-corrected chi connectivity index (χ3v) is 5.01. The first-order valence-corrected chi connectivity index (χ1v) is 9.49. The molecule has 1 N–H and O–H groups in total. The molecule has 0 aliphatic carbocycles. The molecule has 4 nitrogen and oxygen atoms in total. The van der Waals surface area contributed by atoms with Crippen LogP contribution < -0.4 is 5.32 Å². The van der Waals surface area contributed by atoms with E-state index in [1.54, 1.807) is 4.90 Å². The maximum Gasteiger partial charge on any atom is 0.416 e. The number of piperidine rings is 1. The maximum absolute atomic E-state index is 12.9. The van der Waals surface area contributed by atoms with Gasteiger partial charge < -0.3 is 10.2 Å². The van der Waals surface area contributed by atoms with Crippen LogP contribution in [0.5, 0.6) is 0 Å². The largest absolute Gasteiger partial charge is 0.416 e. The monoisotopic (exact) mass is 404 g/mol. The van der Waals surface area contributed by atoms with Crippen molar-refractivity contribution in [1.82, 2.24) is 4.90 Å². The number of rotatable bonds is 3. The Morgan fingerprint density at radius 1 is 1.07 bits per heavy atom. The van der Waals surface area contributed by atoms with Crippen LogP contribution in [0.3, 0.4) is 0 Å². The van der Waals surface area contributed by atoms with Crippen molar-refractivity contribution in [1.29, 1.82) is 0 Å². The molecule has 1 saturated heterocycles. The fraction of sp³-hybridized carbons (Fsp3) is 0.364. The number of aryl methyl sites for hydroxylation is 2. The van der Waals surface area contributed by atoms with Crippen molar-refractivity contribution >= 4 is 17.5 Å². The number of anilines is 1. The quantitative estimate of drug-likeness (QED) is 0.798. The normalized spacial score (nSPS) is 17.1. The highest BCUT2D eigenvalue weighted by molar-refractivity contribution is 5.96. The zero-order valence-electron chi connectivity index (χ0n) is 16.3. The van der Waals surface area contributed by atoms with E-state index in [1.165, 1.54) is 12.1 Å². The standard InChI is InChI=1S/C22H23F3N2O2/c1-14-9-15(2)11-17(10-14)21(29)27-8-4-5-16(13-27)20(28)26-19-7-3-6-18(12-19)22(23,24)25/h3,6-7,9-12,16H,4-5,8,13H2,1-2H3,(H,26,28)/t16-/m0/s1. The summed E-state index contributed by atoms with van der Waals surface area (Å²) in [7, 11) is 0. The van der Waals surface area contributed by atoms with Gasteiger partial charge in [0.1, 0.15) is 0 Å². The van der Waals surface area contributed by atoms with Crippen molar-refractivity contribution in [2.75, 3.05) is 18.4 Å². The molecule has 1 aliphatic heterocycles. The summed E-state index contributed by atoms with van der Waals surface area (Å²) in [4.78, 5) is 27.1. The van der Waals surface area contributed by atoms with E-state index in [-0.39, 0.29) is 24.0 Å². The third kappa shape index (κ3) is 5.16. The fourth-order valence-corrected chi connectivity index (χ4v) is 3.67. The van der Waals surface area contributed by atoms with Crippen molar-refractivity contribution in [3.05, 3.63) is 64.7 Å². The van der Waals surface area contributed by atoms with E-state index in [2.05, 4.69) is 5.32 Å². The Kier molecular flexibility index (Phi) is 5.96. The molecule has 2 aromatic rings. The van der Waals surface area contributed by atoms with Gasteiger partial charge in [-0.15, -0.1) is 0 Å². The second-order valence-electron chi connectivity index (χ2n) is 7.53. The average molecular weight is 404 g/mol. The zero-order chi connectivity index (χ0) is 21.2. The number of likely N-dealkylation sites (tertiary alicyclic amines) is 1. The molecule has 29 heavy (non-hydrogen) atoms. The molecule has 7 heteroatoms. The molecular weight excluding hydrogens is 381 g/mol. The smallest absolute Gasteiger partial charge is 0.338 e. The molecule has 0 bridgehead atoms. The number of halogens is 3. The van der Waals surface area contributed by atoms with Crippen LogP contribution in [0.25, 0.3) is 0 Å². The van der Waals surface area contributed by atoms with Crippen LogP contribution in [0.2, 0.25) is 0 Å². The van der Waals surface area contributed by atoms with E-state index in [0.29, 0.717) is 24.9 Å². The molecule has 3 rings (SSSR count). The SMILES string of the molecule is Cc1cc(C)cc(C(=O)N2CCC[C@H](C(=O)Nc3cccc(C(F)(F)F)c3)C2)c1. The molecule has 1 atom stereocenters. The van der Waals surface area contributed by atoms with Gasteiger partial charge in [0.25, 0.3) is 5.91 Å². The summed E-state index contributed by atoms with van der Waals surface area (Å²) in [6.45, 7) is 4.65. The lowest BCUT2D eigenvalue weighted by atomic mass is 9.96. The lowest BCUT2D eigenvalue weighted by molar-refractivity contribution is -0.137. The van der Waals surface area contributed by atoms with E-state index in [4.69, 9.17) is 0 Å². The molecule has 1 heterocycles. The summed E-state index contributed by atoms with van der Waals surface area (Å²) in [5.41, 5.74) is 1.85. The van der Waals surface area contributed by atoms with Crippen LogP contribution in [0.1, 0.15) is 39.9 Å². The maximum atomic E-state index is 12.9. The second kappa shape index (κ2) is 8.27. The predicted octanol–water partition coefficient (Wildman–Crippen LogP) is 4.81. The van der Waals surface area contributed by atoms with Crippen molar-refractivity contribution in [3.8, 4) is 0 Å². The Hall–Kier alpha value is -2.83. The number of carbonyl (C=O) groups excluding carboxylic acids is 2. The first-order valence-electron chi connectivity index (χ1n) is 9.49. The molecule has 0 saturated carbocycles. The van der Waals surface area contributed by atoms with Crippen LogP contribution in [0, 0.1) is 19.8 Å². The van der Waals surface area contributed by atoms with E-state index in [9.17, 15) is 22.8 Å². The van der Waals surface area contributed by atoms with Gasteiger partial charge in [0, 0.05) is 24.3 Å². The first-order chi connectivity index (χ1) is 13.6. The van der Waals surface area contributed by atoms with Crippen molar-refractivity contribution in [3.63, 3.8) is 0 Å². The Morgan fingerprint density at radius 2 is 1.76 bits per heavy atom. The van der Waals surface area contributed by atoms with Gasteiger partial charge in [-0.25, -0.2) is 0 Å². The molecule has 0 aromatic heterocycles. The summed E-state index contributed by atoms with van der Waals surface area (Å²) >= 11 is 0. The number of alkyl halides is 3. The van der Waals surface area contributed by atoms with Crippen LogP contribution in [0.4, 0.5) is 18.9 Å². The molecule has 2 amide bonds. The van der Waals surface area contributed by atoms with Gasteiger partial charge in [0.15, 0.2) is 0 Å². The summed E-state index contributed by atoms with van der Waals surface area (Å²) in [5, 5.41) is 2.56. The minimum Gasteiger partial charge on any atom is -0.338 e. The van der Waals surface area contributed by atoms with Gasteiger partial charge >= 0.3 is 6.18 Å². The second-order valence-corrected chi connectivity index (χ2v) is 7.53. The Bertz CT molecular complexity index is 904. The summed E-state index contributed by atoms with van der Waals surface area (Å²) in [6.07, 6.45) is -3.22. The van der Waals surface area contributed by atoms with E-state index in [1.807, 2.05) is 32.0 Å². The van der Waals surface area contributed by atoms with Crippen LogP contribution >= 0.6 is 0 Å². The number of nitrogens with zero attached hydrogens (tertiary/aromatic N) is 1. The molecular formula is C22H23F3N2O2. The molecule has 2 aromatic carbocycles. The lowest BCUT2D eigenvalue weighted by Gasteiger charge is -2.32. The van der Waals surface area contributed by atoms with Gasteiger partial charge in [0.05, 0.1) is 11.5 Å². The Labute approximate surface area is 167 Å². The number of carbonyl (C=O) groups is 2. The van der Waals surface area contributed by atoms with Gasteiger partial charge in [0.2, 0.25) is 5.91 Å². The number of amides is 2. The Balaban J connectivity index is 1.69. The number of hydrogen-bond donors (Lipinski definition) is 1. The van der Waals surface area contributed by atoms with Crippen LogP contribution in [-0.2, 0) is 11.0 Å². The van der Waals surface area contributed by atoms with Gasteiger partial charge in [-0.2, -0.15) is 13.2 Å². The molecule has 0 unspecified atom stereocenters. The van der Waals surface area contributed by atoms with Crippen LogP contribution in [-0.4, -0.2) is 29.8 Å². The number of nitrogens with one attached hydrogen (secondary N) is 1. The third-order valence-electron chi connectivity index (χ3n) is 5.01. The molecule has 1 fully saturated rings. The van der Waals surface area contributed by atoms with Crippen LogP contribution in [0.15, 0.2) is 42.5 Å². The minimum absolute atomic E-state index is 0.0996. The molecule has 0 radical (unpaired) electrons. The van der Waals surface area contributed by atoms with Gasteiger partial charge in [-0.3, -0.25) is 9.59 Å².